The third kappa shape index (κ3) is 5.88. The van der Waals surface area contributed by atoms with E-state index in [9.17, 15) is 19.7 Å². The number of benzene rings is 3. The minimum absolute atomic E-state index is 0.0753. The zero-order valence-electron chi connectivity index (χ0n) is 22.0. The molecule has 0 saturated carbocycles. The van der Waals surface area contributed by atoms with Crippen molar-refractivity contribution >= 4 is 17.6 Å². The molecule has 4 rings (SSSR count). The first-order valence-electron chi connectivity index (χ1n) is 12.2. The van der Waals surface area contributed by atoms with Crippen molar-refractivity contribution in [1.82, 2.24) is 25.5 Å². The number of carbonyl (C=O) groups excluding carboxylic acids is 2. The quantitative estimate of drug-likeness (QED) is 0.168. The maximum atomic E-state index is 12.9. The molecule has 1 amide bonds. The fourth-order valence-electron chi connectivity index (χ4n) is 4.15. The fraction of sp³-hybridized carbons (Fsp3) is 0.222. The topological polar surface area (TPSA) is 161 Å². The fourth-order valence-corrected chi connectivity index (χ4v) is 4.15. The molecule has 206 valence electrons. The van der Waals surface area contributed by atoms with Gasteiger partial charge in [-0.2, -0.15) is 4.68 Å². The van der Waals surface area contributed by atoms with Crippen molar-refractivity contribution in [3.05, 3.63) is 87.7 Å². The van der Waals surface area contributed by atoms with Crippen LogP contribution in [0.4, 0.5) is 5.69 Å². The van der Waals surface area contributed by atoms with Crippen LogP contribution in [-0.4, -0.2) is 64.4 Å². The van der Waals surface area contributed by atoms with E-state index in [-0.39, 0.29) is 29.3 Å². The highest BCUT2D eigenvalue weighted by atomic mass is 16.6. The van der Waals surface area contributed by atoms with Crippen LogP contribution in [0.3, 0.4) is 0 Å². The predicted octanol–water partition coefficient (Wildman–Crippen LogP) is 3.40. The monoisotopic (exact) mass is 546 g/mol. The molecule has 0 saturated heterocycles. The minimum Gasteiger partial charge on any atom is -0.493 e. The molecule has 0 radical (unpaired) electrons. The van der Waals surface area contributed by atoms with E-state index in [0.717, 1.165) is 16.6 Å². The molecule has 0 fully saturated rings. The van der Waals surface area contributed by atoms with Gasteiger partial charge in [-0.3, -0.25) is 14.9 Å². The Balaban J connectivity index is 1.62. The number of tetrazole rings is 1. The summed E-state index contributed by atoms with van der Waals surface area (Å²) in [7, 11) is 3.11. The third-order valence-corrected chi connectivity index (χ3v) is 5.99. The third-order valence-electron chi connectivity index (χ3n) is 5.99. The van der Waals surface area contributed by atoms with E-state index >= 15 is 0 Å². The van der Waals surface area contributed by atoms with Crippen LogP contribution in [0.2, 0.25) is 0 Å². The first kappa shape index (κ1) is 27.7. The number of aromatic nitrogens is 4. The number of hydrogen-bond acceptors (Lipinski definition) is 10. The Kier molecular flexibility index (Phi) is 8.64. The molecular formula is C27H26N6O7. The van der Waals surface area contributed by atoms with Crippen LogP contribution in [0, 0.1) is 10.1 Å². The van der Waals surface area contributed by atoms with Crippen LogP contribution in [0.1, 0.15) is 33.2 Å². The molecule has 0 aliphatic heterocycles. The minimum atomic E-state index is -0.759. The average Bonchev–Trinajstić information content (AvgIpc) is 3.51. The SMILES string of the molecule is CCOC(=O)c1ccc(-c2cccc(C(=O)NCCc3ccc(OC)c(OC)c3)c2)c([N+](=O)[O-])c1-n1cnnn1. The van der Waals surface area contributed by atoms with E-state index < -0.39 is 16.6 Å². The van der Waals surface area contributed by atoms with E-state index in [2.05, 4.69) is 20.8 Å². The van der Waals surface area contributed by atoms with Crippen molar-refractivity contribution in [1.29, 1.82) is 0 Å². The summed E-state index contributed by atoms with van der Waals surface area (Å²) in [6.45, 7) is 2.05. The standard InChI is InChI=1S/C27H26N6O7/c1-4-40-27(35)21-10-9-20(25(33(36)37)24(21)32-16-29-30-31-32)18-6-5-7-19(15-18)26(34)28-13-12-17-8-11-22(38-2)23(14-17)39-3/h5-11,14-16H,4,12-13H2,1-3H3,(H,28,34). The molecule has 13 heteroatoms. The van der Waals surface area contributed by atoms with Crippen LogP contribution < -0.4 is 14.8 Å². The Hall–Kier alpha value is -5.33. The molecule has 13 nitrogen and oxygen atoms in total. The van der Waals surface area contributed by atoms with Crippen molar-refractivity contribution in [2.75, 3.05) is 27.4 Å². The predicted molar refractivity (Wildman–Crippen MR) is 143 cm³/mol. The van der Waals surface area contributed by atoms with Crippen molar-refractivity contribution in [2.24, 2.45) is 0 Å². The van der Waals surface area contributed by atoms with Gasteiger partial charge in [0.05, 0.1) is 36.9 Å². The van der Waals surface area contributed by atoms with Crippen molar-refractivity contribution in [2.45, 2.75) is 13.3 Å². The Bertz CT molecular complexity index is 1540. The summed E-state index contributed by atoms with van der Waals surface area (Å²) in [5.41, 5.74) is 1.18. The molecule has 0 bridgehead atoms. The number of nitrogens with one attached hydrogen (secondary N) is 1. The molecule has 4 aromatic rings. The number of nitrogens with zero attached hydrogens (tertiary/aromatic N) is 5. The second-order valence-electron chi connectivity index (χ2n) is 8.37. The van der Waals surface area contributed by atoms with Gasteiger partial charge in [-0.15, -0.1) is 5.10 Å². The zero-order chi connectivity index (χ0) is 28.6. The first-order chi connectivity index (χ1) is 19.4. The lowest BCUT2D eigenvalue weighted by Gasteiger charge is -2.13. The molecule has 0 unspecified atom stereocenters. The van der Waals surface area contributed by atoms with Gasteiger partial charge in [0.15, 0.2) is 17.2 Å². The Morgan fingerprint density at radius 1 is 1.05 bits per heavy atom. The number of ether oxygens (including phenoxy) is 3. The highest BCUT2D eigenvalue weighted by Crippen LogP contribution is 2.37. The van der Waals surface area contributed by atoms with Crippen LogP contribution in [-0.2, 0) is 11.2 Å². The van der Waals surface area contributed by atoms with Crippen molar-refractivity contribution < 1.29 is 28.7 Å². The second-order valence-corrected chi connectivity index (χ2v) is 8.37. The Morgan fingerprint density at radius 3 is 2.52 bits per heavy atom. The summed E-state index contributed by atoms with van der Waals surface area (Å²) in [5, 5.41) is 26.0. The lowest BCUT2D eigenvalue weighted by molar-refractivity contribution is -0.384. The van der Waals surface area contributed by atoms with Gasteiger partial charge < -0.3 is 19.5 Å². The molecule has 0 aliphatic rings. The molecule has 0 aliphatic carbocycles. The molecule has 40 heavy (non-hydrogen) atoms. The summed E-state index contributed by atoms with van der Waals surface area (Å²) in [5.74, 6) is 0.0921. The highest BCUT2D eigenvalue weighted by Gasteiger charge is 2.30. The van der Waals surface area contributed by atoms with Crippen LogP contribution >= 0.6 is 0 Å². The summed E-state index contributed by atoms with van der Waals surface area (Å²) in [6, 6.07) is 14.8. The maximum absolute atomic E-state index is 12.9. The maximum Gasteiger partial charge on any atom is 0.340 e. The van der Waals surface area contributed by atoms with Gasteiger partial charge in [0.2, 0.25) is 0 Å². The molecule has 1 heterocycles. The number of esters is 1. The van der Waals surface area contributed by atoms with Gasteiger partial charge in [0.25, 0.3) is 5.91 Å². The summed E-state index contributed by atoms with van der Waals surface area (Å²) in [6.07, 6.45) is 1.69. The first-order valence-corrected chi connectivity index (χ1v) is 12.2. The molecular weight excluding hydrogens is 520 g/mol. The molecule has 0 atom stereocenters. The van der Waals surface area contributed by atoms with Crippen molar-refractivity contribution in [3.8, 4) is 28.3 Å². The van der Waals surface area contributed by atoms with Crippen LogP contribution in [0.5, 0.6) is 11.5 Å². The number of amides is 1. The number of nitro groups is 1. The number of nitro benzene ring substituents is 1. The molecule has 0 spiro atoms. The van der Waals surface area contributed by atoms with Gasteiger partial charge in [-0.25, -0.2) is 4.79 Å². The summed E-state index contributed by atoms with van der Waals surface area (Å²) >= 11 is 0. The van der Waals surface area contributed by atoms with Gasteiger partial charge >= 0.3 is 11.7 Å². The van der Waals surface area contributed by atoms with E-state index in [0.29, 0.717) is 35.6 Å². The van der Waals surface area contributed by atoms with Gasteiger partial charge in [-0.05, 0) is 71.3 Å². The average molecular weight is 547 g/mol. The van der Waals surface area contributed by atoms with E-state index in [1.165, 1.54) is 12.1 Å². The largest absolute Gasteiger partial charge is 0.493 e. The summed E-state index contributed by atoms with van der Waals surface area (Å²) < 4.78 is 16.7. The molecule has 1 N–H and O–H groups in total. The summed E-state index contributed by atoms with van der Waals surface area (Å²) in [4.78, 5) is 37.2. The van der Waals surface area contributed by atoms with Crippen molar-refractivity contribution in [3.63, 3.8) is 0 Å². The molecule has 1 aromatic heterocycles. The van der Waals surface area contributed by atoms with E-state index in [4.69, 9.17) is 14.2 Å². The molecule has 3 aromatic carbocycles. The van der Waals surface area contributed by atoms with Gasteiger partial charge in [0.1, 0.15) is 6.33 Å². The smallest absolute Gasteiger partial charge is 0.340 e. The highest BCUT2D eigenvalue weighted by molar-refractivity contribution is 5.99. The van der Waals surface area contributed by atoms with Crippen LogP contribution in [0.15, 0.2) is 60.9 Å². The normalized spacial score (nSPS) is 10.6. The van der Waals surface area contributed by atoms with Gasteiger partial charge in [0, 0.05) is 12.1 Å². The van der Waals surface area contributed by atoms with E-state index in [1.54, 1.807) is 51.5 Å². The Morgan fingerprint density at radius 2 is 1.85 bits per heavy atom. The van der Waals surface area contributed by atoms with Crippen LogP contribution in [0.25, 0.3) is 16.8 Å². The van der Waals surface area contributed by atoms with Gasteiger partial charge in [-0.1, -0.05) is 18.2 Å². The second kappa shape index (κ2) is 12.5. The van der Waals surface area contributed by atoms with E-state index in [1.807, 2.05) is 12.1 Å². The number of rotatable bonds is 11. The number of methoxy groups -OCH3 is 2. The lowest BCUT2D eigenvalue weighted by atomic mass is 9.97. The number of carbonyl (C=O) groups is 2. The lowest BCUT2D eigenvalue weighted by Crippen LogP contribution is -2.25. The zero-order valence-corrected chi connectivity index (χ0v) is 22.0. The Labute approximate surface area is 228 Å². The number of hydrogen-bond donors (Lipinski definition) is 1.